The third kappa shape index (κ3) is 6.04. The number of aromatic nitrogens is 1. The molecule has 0 aliphatic carbocycles. The molecule has 10 heteroatoms. The average molecular weight is 568 g/mol. The van der Waals surface area contributed by atoms with Gasteiger partial charge in [-0.05, 0) is 68.1 Å². The molecule has 0 radical (unpaired) electrons. The smallest absolute Gasteiger partial charge is 0.254 e. The molecule has 40 heavy (non-hydrogen) atoms. The van der Waals surface area contributed by atoms with Crippen molar-refractivity contribution in [1.82, 2.24) is 14.2 Å². The van der Waals surface area contributed by atoms with Gasteiger partial charge >= 0.3 is 0 Å². The molecule has 3 heterocycles. The molecule has 212 valence electrons. The number of halogens is 1. The lowest BCUT2D eigenvalue weighted by Gasteiger charge is -2.24. The summed E-state index contributed by atoms with van der Waals surface area (Å²) in [4.78, 5) is 19.3. The summed E-state index contributed by atoms with van der Waals surface area (Å²) in [6.45, 7) is 4.81. The van der Waals surface area contributed by atoms with E-state index in [4.69, 9.17) is 9.47 Å². The highest BCUT2D eigenvalue weighted by molar-refractivity contribution is 7.88. The van der Waals surface area contributed by atoms with Crippen LogP contribution in [-0.2, 0) is 20.5 Å². The molecule has 0 N–H and O–H groups in total. The van der Waals surface area contributed by atoms with Crippen molar-refractivity contribution in [2.75, 3.05) is 26.7 Å². The van der Waals surface area contributed by atoms with Gasteiger partial charge < -0.3 is 14.4 Å². The predicted octanol–water partition coefficient (Wildman–Crippen LogP) is 4.42. The second-order valence-corrected chi connectivity index (χ2v) is 12.5. The molecule has 2 aliphatic heterocycles. The van der Waals surface area contributed by atoms with Gasteiger partial charge in [0, 0.05) is 31.5 Å². The summed E-state index contributed by atoms with van der Waals surface area (Å²) < 4.78 is 54.7. The molecule has 1 amide bonds. The van der Waals surface area contributed by atoms with Gasteiger partial charge in [0.15, 0.2) is 0 Å². The number of likely N-dealkylation sites (tertiary alicyclic amines) is 1. The van der Waals surface area contributed by atoms with Crippen molar-refractivity contribution in [3.05, 3.63) is 94.6 Å². The fourth-order valence-corrected chi connectivity index (χ4v) is 7.33. The Morgan fingerprint density at radius 1 is 1.07 bits per heavy atom. The van der Waals surface area contributed by atoms with Crippen LogP contribution in [-0.4, -0.2) is 67.5 Å². The molecule has 8 nitrogen and oxygen atoms in total. The Labute approximate surface area is 234 Å². The van der Waals surface area contributed by atoms with Gasteiger partial charge in [-0.1, -0.05) is 23.8 Å². The summed E-state index contributed by atoms with van der Waals surface area (Å²) in [5.74, 6) is -0.879. The topological polar surface area (TPSA) is 89.0 Å². The number of methoxy groups -OCH3 is 1. The van der Waals surface area contributed by atoms with Gasteiger partial charge in [0.05, 0.1) is 30.6 Å². The summed E-state index contributed by atoms with van der Waals surface area (Å²) in [6.07, 6.45) is 2.10. The number of hydrogen-bond acceptors (Lipinski definition) is 6. The Kier molecular flexibility index (Phi) is 8.21. The van der Waals surface area contributed by atoms with Gasteiger partial charge in [-0.15, -0.1) is 0 Å². The van der Waals surface area contributed by atoms with E-state index in [0.717, 1.165) is 17.5 Å². The highest BCUT2D eigenvalue weighted by Gasteiger charge is 2.39. The first-order valence-corrected chi connectivity index (χ1v) is 15.0. The molecule has 3 atom stereocenters. The van der Waals surface area contributed by atoms with E-state index in [2.05, 4.69) is 4.98 Å². The first kappa shape index (κ1) is 28.2. The molecule has 0 bridgehead atoms. The molecule has 1 unspecified atom stereocenters. The molecule has 2 aromatic carbocycles. The summed E-state index contributed by atoms with van der Waals surface area (Å²) in [6, 6.07) is 14.9. The van der Waals surface area contributed by atoms with E-state index in [1.165, 1.54) is 16.4 Å². The number of pyridine rings is 1. The number of sulfonamides is 1. The van der Waals surface area contributed by atoms with Gasteiger partial charge in [0.25, 0.3) is 5.91 Å². The minimum atomic E-state index is -3.75. The van der Waals surface area contributed by atoms with Crippen LogP contribution in [0.5, 0.6) is 5.75 Å². The number of hydrogen-bond donors (Lipinski definition) is 0. The number of benzene rings is 2. The Balaban J connectivity index is 1.31. The van der Waals surface area contributed by atoms with Crippen molar-refractivity contribution in [2.24, 2.45) is 0 Å². The largest absolute Gasteiger partial charge is 0.486 e. The normalized spacial score (nSPS) is 21.6. The number of rotatable bonds is 8. The summed E-state index contributed by atoms with van der Waals surface area (Å²) in [5, 5.41) is 0. The van der Waals surface area contributed by atoms with E-state index in [9.17, 15) is 17.6 Å². The number of nitrogens with zero attached hydrogens (tertiary/aromatic N) is 3. The van der Waals surface area contributed by atoms with Crippen LogP contribution in [0.3, 0.4) is 0 Å². The van der Waals surface area contributed by atoms with E-state index >= 15 is 0 Å². The zero-order chi connectivity index (χ0) is 28.4. The standard InChI is InChI=1S/C30H34FN3O5S/c1-20-9-10-21(2)25(13-20)30(35)33-17-28(38-3)29(18-33)39-24-15-22(14-23(31)16-24)19-40(36,37)34-12-6-8-27(34)26-7-4-5-11-32-26/h4-5,7,9-11,13-16,27-29H,6,8,12,17-19H2,1-3H3/t27?,28-,29-/m1/s1. The van der Waals surface area contributed by atoms with Crippen LogP contribution in [0, 0.1) is 19.7 Å². The first-order valence-electron chi connectivity index (χ1n) is 13.4. The Morgan fingerprint density at radius 2 is 1.88 bits per heavy atom. The van der Waals surface area contributed by atoms with E-state index in [1.54, 1.807) is 30.3 Å². The molecule has 0 saturated carbocycles. The van der Waals surface area contributed by atoms with E-state index < -0.39 is 28.0 Å². The average Bonchev–Trinajstić information content (AvgIpc) is 3.58. The molecule has 2 fully saturated rings. The molecular formula is C30H34FN3O5S. The zero-order valence-electron chi connectivity index (χ0n) is 22.9. The van der Waals surface area contributed by atoms with Crippen LogP contribution >= 0.6 is 0 Å². The molecule has 5 rings (SSSR count). The van der Waals surface area contributed by atoms with Gasteiger partial charge in [-0.3, -0.25) is 9.78 Å². The van der Waals surface area contributed by atoms with Gasteiger partial charge in [0.2, 0.25) is 10.0 Å². The van der Waals surface area contributed by atoms with Gasteiger partial charge in [0.1, 0.15) is 23.8 Å². The summed E-state index contributed by atoms with van der Waals surface area (Å²) >= 11 is 0. The van der Waals surface area contributed by atoms with Crippen LogP contribution in [0.2, 0.25) is 0 Å². The van der Waals surface area contributed by atoms with Crippen LogP contribution in [0.25, 0.3) is 0 Å². The number of carbonyl (C=O) groups excluding carboxylic acids is 1. The van der Waals surface area contributed by atoms with Crippen molar-refractivity contribution in [3.63, 3.8) is 0 Å². The maximum absolute atomic E-state index is 14.7. The number of amides is 1. The lowest BCUT2D eigenvalue weighted by atomic mass is 10.0. The molecule has 0 spiro atoms. The summed E-state index contributed by atoms with van der Waals surface area (Å²) in [7, 11) is -2.21. The monoisotopic (exact) mass is 567 g/mol. The van der Waals surface area contributed by atoms with Crippen molar-refractivity contribution in [1.29, 1.82) is 0 Å². The molecular weight excluding hydrogens is 533 g/mol. The fourth-order valence-electron chi connectivity index (χ4n) is 5.57. The summed E-state index contributed by atoms with van der Waals surface area (Å²) in [5.41, 5.74) is 3.50. The third-order valence-corrected chi connectivity index (χ3v) is 9.44. The maximum Gasteiger partial charge on any atom is 0.254 e. The van der Waals surface area contributed by atoms with E-state index in [-0.39, 0.29) is 35.6 Å². The minimum Gasteiger partial charge on any atom is -0.486 e. The number of carbonyl (C=O) groups is 1. The highest BCUT2D eigenvalue weighted by Crippen LogP contribution is 2.35. The van der Waals surface area contributed by atoms with Crippen molar-refractivity contribution >= 4 is 15.9 Å². The molecule has 1 aromatic heterocycles. The van der Waals surface area contributed by atoms with Crippen LogP contribution in [0.15, 0.2) is 60.8 Å². The second kappa shape index (κ2) is 11.6. The molecule has 3 aromatic rings. The lowest BCUT2D eigenvalue weighted by molar-refractivity contribution is 0.0338. The quantitative estimate of drug-likeness (QED) is 0.400. The van der Waals surface area contributed by atoms with Gasteiger partial charge in [-0.2, -0.15) is 4.31 Å². The van der Waals surface area contributed by atoms with E-state index in [1.807, 2.05) is 44.2 Å². The lowest BCUT2D eigenvalue weighted by Crippen LogP contribution is -2.32. The second-order valence-electron chi connectivity index (χ2n) is 10.5. The first-order chi connectivity index (χ1) is 19.1. The Hall–Kier alpha value is -3.34. The third-order valence-electron chi connectivity index (χ3n) is 7.59. The molecule has 2 saturated heterocycles. The Morgan fingerprint density at radius 3 is 2.62 bits per heavy atom. The van der Waals surface area contributed by atoms with Crippen LogP contribution < -0.4 is 4.74 Å². The van der Waals surface area contributed by atoms with Crippen molar-refractivity contribution in [2.45, 2.75) is 50.7 Å². The van der Waals surface area contributed by atoms with Gasteiger partial charge in [-0.25, -0.2) is 12.8 Å². The minimum absolute atomic E-state index is 0.117. The SMILES string of the molecule is CO[C@@H]1CN(C(=O)c2cc(C)ccc2C)C[C@H]1Oc1cc(F)cc(CS(=O)(=O)N2CCCC2c2ccccn2)c1. The zero-order valence-corrected chi connectivity index (χ0v) is 23.7. The predicted molar refractivity (Wildman–Crippen MR) is 149 cm³/mol. The van der Waals surface area contributed by atoms with Crippen LogP contribution in [0.4, 0.5) is 4.39 Å². The number of ether oxygens (including phenoxy) is 2. The van der Waals surface area contributed by atoms with E-state index in [0.29, 0.717) is 30.8 Å². The maximum atomic E-state index is 14.7. The molecule has 2 aliphatic rings. The van der Waals surface area contributed by atoms with Crippen molar-refractivity contribution < 1.29 is 27.1 Å². The fraction of sp³-hybridized carbons (Fsp3) is 0.400. The van der Waals surface area contributed by atoms with Crippen LogP contribution in [0.1, 0.15) is 51.6 Å². The number of aryl methyl sites for hydroxylation is 2. The highest BCUT2D eigenvalue weighted by atomic mass is 32.2. The van der Waals surface area contributed by atoms with Crippen molar-refractivity contribution in [3.8, 4) is 5.75 Å². The Bertz CT molecular complexity index is 1480.